The van der Waals surface area contributed by atoms with Gasteiger partial charge in [0.2, 0.25) is 0 Å². The summed E-state index contributed by atoms with van der Waals surface area (Å²) in [5.41, 5.74) is 1.28. The predicted molar refractivity (Wildman–Crippen MR) is 89.5 cm³/mol. The van der Waals surface area contributed by atoms with Crippen LogP contribution in [0.25, 0.3) is 0 Å². The molecule has 122 valence electrons. The van der Waals surface area contributed by atoms with Crippen molar-refractivity contribution in [1.29, 1.82) is 0 Å². The van der Waals surface area contributed by atoms with Crippen molar-refractivity contribution in [1.82, 2.24) is 0 Å². The van der Waals surface area contributed by atoms with E-state index in [4.69, 9.17) is 14.6 Å². The fourth-order valence-corrected chi connectivity index (χ4v) is 2.28. The molecule has 2 rings (SSSR count). The Labute approximate surface area is 136 Å². The Kier molecular flexibility index (Phi) is 5.27. The minimum absolute atomic E-state index is 0.00659. The molecule has 0 heterocycles. The van der Waals surface area contributed by atoms with Crippen molar-refractivity contribution in [3.05, 3.63) is 59.7 Å². The molecule has 0 atom stereocenters. The lowest BCUT2D eigenvalue weighted by atomic mass is 9.86. The van der Waals surface area contributed by atoms with E-state index >= 15 is 0 Å². The molecule has 0 aromatic heterocycles. The molecule has 23 heavy (non-hydrogen) atoms. The van der Waals surface area contributed by atoms with Crippen LogP contribution in [-0.4, -0.2) is 24.3 Å². The van der Waals surface area contributed by atoms with E-state index in [1.807, 2.05) is 18.2 Å². The molecule has 0 saturated carbocycles. The lowest BCUT2D eigenvalue weighted by Crippen LogP contribution is -2.16. The number of rotatable bonds is 6. The second kappa shape index (κ2) is 7.18. The Hall–Kier alpha value is -2.49. The number of carboxylic acid groups (broad SMARTS) is 1. The van der Waals surface area contributed by atoms with Gasteiger partial charge in [-0.15, -0.1) is 0 Å². The summed E-state index contributed by atoms with van der Waals surface area (Å²) in [7, 11) is 0. The number of benzene rings is 2. The van der Waals surface area contributed by atoms with Gasteiger partial charge in [-0.25, -0.2) is 4.79 Å². The molecule has 4 heteroatoms. The van der Waals surface area contributed by atoms with Gasteiger partial charge in [-0.05, 0) is 29.2 Å². The van der Waals surface area contributed by atoms with Gasteiger partial charge in [-0.3, -0.25) is 0 Å². The standard InChI is InChI=1S/C19H22O4/c1-19(2,3)15-9-5-7-11-17(15)23-13-12-22-16-10-6-4-8-14(16)18(20)21/h4-11H,12-13H2,1-3H3,(H,20,21). The van der Waals surface area contributed by atoms with Crippen molar-refractivity contribution in [2.45, 2.75) is 26.2 Å². The number of carboxylic acids is 1. The Morgan fingerprint density at radius 2 is 1.43 bits per heavy atom. The molecule has 0 amide bonds. The summed E-state index contributed by atoms with van der Waals surface area (Å²) in [5.74, 6) is 0.183. The highest BCUT2D eigenvalue weighted by Gasteiger charge is 2.18. The number of para-hydroxylation sites is 2. The van der Waals surface area contributed by atoms with E-state index in [1.54, 1.807) is 18.2 Å². The summed E-state index contributed by atoms with van der Waals surface area (Å²) >= 11 is 0. The molecule has 2 aromatic rings. The molecule has 0 bridgehead atoms. The zero-order valence-corrected chi connectivity index (χ0v) is 13.7. The average Bonchev–Trinajstić information content (AvgIpc) is 2.51. The maximum Gasteiger partial charge on any atom is 0.339 e. The van der Waals surface area contributed by atoms with Gasteiger partial charge < -0.3 is 14.6 Å². The van der Waals surface area contributed by atoms with Crippen LogP contribution in [-0.2, 0) is 5.41 Å². The van der Waals surface area contributed by atoms with E-state index in [2.05, 4.69) is 26.8 Å². The molecule has 0 aliphatic rings. The minimum Gasteiger partial charge on any atom is -0.490 e. The molecular formula is C19H22O4. The summed E-state index contributed by atoms with van der Waals surface area (Å²) in [6, 6.07) is 14.5. The second-order valence-corrected chi connectivity index (χ2v) is 6.24. The van der Waals surface area contributed by atoms with Crippen LogP contribution in [0.4, 0.5) is 0 Å². The quantitative estimate of drug-likeness (QED) is 0.814. The van der Waals surface area contributed by atoms with Crippen molar-refractivity contribution >= 4 is 5.97 Å². The number of aromatic carboxylic acids is 1. The first-order valence-electron chi connectivity index (χ1n) is 7.57. The molecule has 2 aromatic carbocycles. The lowest BCUT2D eigenvalue weighted by molar-refractivity contribution is 0.0691. The van der Waals surface area contributed by atoms with E-state index in [0.717, 1.165) is 11.3 Å². The van der Waals surface area contributed by atoms with Gasteiger partial charge in [0.05, 0.1) is 0 Å². The fraction of sp³-hybridized carbons (Fsp3) is 0.316. The molecule has 0 aliphatic carbocycles. The van der Waals surface area contributed by atoms with E-state index in [0.29, 0.717) is 12.4 Å². The van der Waals surface area contributed by atoms with Gasteiger partial charge >= 0.3 is 5.97 Å². The molecule has 0 fully saturated rings. The van der Waals surface area contributed by atoms with Gasteiger partial charge in [-0.2, -0.15) is 0 Å². The van der Waals surface area contributed by atoms with Crippen LogP contribution in [0.1, 0.15) is 36.7 Å². The van der Waals surface area contributed by atoms with Crippen molar-refractivity contribution in [3.63, 3.8) is 0 Å². The van der Waals surface area contributed by atoms with E-state index < -0.39 is 5.97 Å². The smallest absolute Gasteiger partial charge is 0.339 e. The molecule has 1 N–H and O–H groups in total. The Morgan fingerprint density at radius 1 is 0.913 bits per heavy atom. The van der Waals surface area contributed by atoms with Crippen molar-refractivity contribution < 1.29 is 19.4 Å². The van der Waals surface area contributed by atoms with Crippen LogP contribution < -0.4 is 9.47 Å². The van der Waals surface area contributed by atoms with Gasteiger partial charge in [0, 0.05) is 0 Å². The van der Waals surface area contributed by atoms with Crippen LogP contribution >= 0.6 is 0 Å². The maximum absolute atomic E-state index is 11.1. The highest BCUT2D eigenvalue weighted by atomic mass is 16.5. The largest absolute Gasteiger partial charge is 0.490 e. The van der Waals surface area contributed by atoms with Gasteiger partial charge in [0.15, 0.2) is 0 Å². The van der Waals surface area contributed by atoms with Crippen LogP contribution in [0, 0.1) is 0 Å². The Bertz CT molecular complexity index is 671. The molecule has 0 unspecified atom stereocenters. The molecule has 4 nitrogen and oxygen atoms in total. The Balaban J connectivity index is 1.96. The molecule has 0 spiro atoms. The topological polar surface area (TPSA) is 55.8 Å². The third kappa shape index (κ3) is 4.49. The summed E-state index contributed by atoms with van der Waals surface area (Å²) in [6.07, 6.45) is 0. The summed E-state index contributed by atoms with van der Waals surface area (Å²) < 4.78 is 11.4. The van der Waals surface area contributed by atoms with E-state index in [9.17, 15) is 4.79 Å². The van der Waals surface area contributed by atoms with Crippen molar-refractivity contribution in [3.8, 4) is 11.5 Å². The predicted octanol–water partition coefficient (Wildman–Crippen LogP) is 4.14. The monoisotopic (exact) mass is 314 g/mol. The normalized spacial score (nSPS) is 11.1. The first-order valence-corrected chi connectivity index (χ1v) is 7.57. The highest BCUT2D eigenvalue weighted by Crippen LogP contribution is 2.30. The lowest BCUT2D eigenvalue weighted by Gasteiger charge is -2.22. The number of ether oxygens (including phenoxy) is 2. The third-order valence-electron chi connectivity index (χ3n) is 3.41. The molecule has 0 aliphatic heterocycles. The van der Waals surface area contributed by atoms with E-state index in [1.165, 1.54) is 6.07 Å². The van der Waals surface area contributed by atoms with Gasteiger partial charge in [0.1, 0.15) is 30.3 Å². The fourth-order valence-electron chi connectivity index (χ4n) is 2.28. The molecule has 0 saturated heterocycles. The summed E-state index contributed by atoms with van der Waals surface area (Å²) in [5, 5.41) is 9.11. The number of carbonyl (C=O) groups is 1. The van der Waals surface area contributed by atoms with Gasteiger partial charge in [-0.1, -0.05) is 51.1 Å². The zero-order valence-electron chi connectivity index (χ0n) is 13.7. The van der Waals surface area contributed by atoms with Crippen molar-refractivity contribution in [2.75, 3.05) is 13.2 Å². The van der Waals surface area contributed by atoms with Crippen molar-refractivity contribution in [2.24, 2.45) is 0 Å². The van der Waals surface area contributed by atoms with Crippen LogP contribution in [0.5, 0.6) is 11.5 Å². The molecule has 0 radical (unpaired) electrons. The maximum atomic E-state index is 11.1. The summed E-state index contributed by atoms with van der Waals surface area (Å²) in [6.45, 7) is 7.03. The van der Waals surface area contributed by atoms with Crippen LogP contribution in [0.3, 0.4) is 0 Å². The third-order valence-corrected chi connectivity index (χ3v) is 3.41. The summed E-state index contributed by atoms with van der Waals surface area (Å²) in [4.78, 5) is 11.1. The number of hydrogen-bond donors (Lipinski definition) is 1. The van der Waals surface area contributed by atoms with E-state index in [-0.39, 0.29) is 17.6 Å². The zero-order chi connectivity index (χ0) is 16.9. The minimum atomic E-state index is -1.00. The van der Waals surface area contributed by atoms with Gasteiger partial charge in [0.25, 0.3) is 0 Å². The highest BCUT2D eigenvalue weighted by molar-refractivity contribution is 5.90. The van der Waals surface area contributed by atoms with Crippen LogP contribution in [0.15, 0.2) is 48.5 Å². The SMILES string of the molecule is CC(C)(C)c1ccccc1OCCOc1ccccc1C(=O)O. The van der Waals surface area contributed by atoms with Crippen LogP contribution in [0.2, 0.25) is 0 Å². The number of hydrogen-bond acceptors (Lipinski definition) is 3. The average molecular weight is 314 g/mol. The first-order chi connectivity index (χ1) is 10.9. The first kappa shape index (κ1) is 16.9. The Morgan fingerprint density at radius 3 is 2.04 bits per heavy atom. The second-order valence-electron chi connectivity index (χ2n) is 6.24. The molecular weight excluding hydrogens is 292 g/mol.